The third kappa shape index (κ3) is 5.85. The van der Waals surface area contributed by atoms with Crippen molar-refractivity contribution in [2.75, 3.05) is 25.1 Å². The van der Waals surface area contributed by atoms with Crippen molar-refractivity contribution in [3.63, 3.8) is 0 Å². The van der Waals surface area contributed by atoms with Crippen molar-refractivity contribution in [2.45, 2.75) is 25.0 Å². The Kier molecular flexibility index (Phi) is 6.70. The fourth-order valence-electron chi connectivity index (χ4n) is 1.40. The fraction of sp³-hybridized carbons (Fsp3) is 0.636. The Balaban J connectivity index is 2.52. The third-order valence-corrected chi connectivity index (χ3v) is 4.55. The highest BCUT2D eigenvalue weighted by Crippen LogP contribution is 2.13. The maximum absolute atomic E-state index is 11.9. The number of hydrogen-bond acceptors (Lipinski definition) is 5. The SMILES string of the molecule is CCNCc1ccc(S(=O)(=O)NCCCS(C)=O)o1. The monoisotopic (exact) mass is 308 g/mol. The van der Waals surface area contributed by atoms with Gasteiger partial charge in [-0.25, -0.2) is 13.1 Å². The molecule has 1 aromatic rings. The normalized spacial score (nSPS) is 13.6. The minimum atomic E-state index is -3.61. The second-order valence-corrected chi connectivity index (χ2v) is 7.28. The summed E-state index contributed by atoms with van der Waals surface area (Å²) in [5, 5.41) is 2.97. The molecule has 0 radical (unpaired) electrons. The van der Waals surface area contributed by atoms with Gasteiger partial charge < -0.3 is 9.73 Å². The van der Waals surface area contributed by atoms with E-state index in [1.807, 2.05) is 6.92 Å². The maximum Gasteiger partial charge on any atom is 0.273 e. The van der Waals surface area contributed by atoms with Crippen LogP contribution < -0.4 is 10.0 Å². The molecule has 19 heavy (non-hydrogen) atoms. The largest absolute Gasteiger partial charge is 0.447 e. The second kappa shape index (κ2) is 7.78. The van der Waals surface area contributed by atoms with E-state index in [0.717, 1.165) is 6.54 Å². The molecular weight excluding hydrogens is 288 g/mol. The third-order valence-electron chi connectivity index (χ3n) is 2.35. The number of sulfonamides is 1. The molecule has 0 saturated heterocycles. The molecule has 0 fully saturated rings. The highest BCUT2D eigenvalue weighted by Gasteiger charge is 2.17. The molecule has 1 rings (SSSR count). The smallest absolute Gasteiger partial charge is 0.273 e. The van der Waals surface area contributed by atoms with Crippen LogP contribution >= 0.6 is 0 Å². The van der Waals surface area contributed by atoms with Crippen molar-refractivity contribution < 1.29 is 17.0 Å². The molecule has 8 heteroatoms. The maximum atomic E-state index is 11.9. The minimum Gasteiger partial charge on any atom is -0.447 e. The van der Waals surface area contributed by atoms with Crippen LogP contribution in [0.25, 0.3) is 0 Å². The zero-order valence-electron chi connectivity index (χ0n) is 11.1. The van der Waals surface area contributed by atoms with Crippen LogP contribution in [0.3, 0.4) is 0 Å². The zero-order chi connectivity index (χ0) is 14.3. The molecule has 0 spiro atoms. The minimum absolute atomic E-state index is 0.0852. The lowest BCUT2D eigenvalue weighted by Gasteiger charge is -2.03. The zero-order valence-corrected chi connectivity index (χ0v) is 12.8. The van der Waals surface area contributed by atoms with E-state index in [1.165, 1.54) is 6.07 Å². The highest BCUT2D eigenvalue weighted by molar-refractivity contribution is 7.89. The van der Waals surface area contributed by atoms with Gasteiger partial charge in [0.25, 0.3) is 10.0 Å². The summed E-state index contributed by atoms with van der Waals surface area (Å²) in [7, 11) is -4.51. The van der Waals surface area contributed by atoms with Crippen molar-refractivity contribution in [2.24, 2.45) is 0 Å². The molecule has 0 saturated carbocycles. The highest BCUT2D eigenvalue weighted by atomic mass is 32.2. The average molecular weight is 308 g/mol. The summed E-state index contributed by atoms with van der Waals surface area (Å²) in [6.07, 6.45) is 2.13. The predicted molar refractivity (Wildman–Crippen MR) is 74.8 cm³/mol. The van der Waals surface area contributed by atoms with Crippen LogP contribution in [0.5, 0.6) is 0 Å². The van der Waals surface area contributed by atoms with E-state index in [1.54, 1.807) is 12.3 Å². The standard InChI is InChI=1S/C11H20N2O4S2/c1-3-12-9-10-5-6-11(17-10)19(15,16)13-7-4-8-18(2)14/h5-6,12-13H,3-4,7-9H2,1-2H3. The summed E-state index contributed by atoms with van der Waals surface area (Å²) in [4.78, 5) is 0. The topological polar surface area (TPSA) is 88.4 Å². The van der Waals surface area contributed by atoms with Gasteiger partial charge >= 0.3 is 0 Å². The van der Waals surface area contributed by atoms with Crippen LogP contribution in [0.2, 0.25) is 0 Å². The Morgan fingerprint density at radius 3 is 2.74 bits per heavy atom. The van der Waals surface area contributed by atoms with Gasteiger partial charge in [0.15, 0.2) is 0 Å². The first kappa shape index (κ1) is 16.4. The first-order valence-electron chi connectivity index (χ1n) is 6.05. The molecule has 0 aliphatic heterocycles. The van der Waals surface area contributed by atoms with Gasteiger partial charge in [-0.05, 0) is 25.1 Å². The quantitative estimate of drug-likeness (QED) is 0.646. The molecule has 0 aromatic carbocycles. The van der Waals surface area contributed by atoms with Gasteiger partial charge in [0.1, 0.15) is 5.76 Å². The molecule has 0 aliphatic carbocycles. The fourth-order valence-corrected chi connectivity index (χ4v) is 2.97. The van der Waals surface area contributed by atoms with Gasteiger partial charge in [-0.2, -0.15) is 0 Å². The van der Waals surface area contributed by atoms with E-state index in [4.69, 9.17) is 4.42 Å². The Morgan fingerprint density at radius 1 is 1.37 bits per heavy atom. The van der Waals surface area contributed by atoms with Crippen molar-refractivity contribution in [3.8, 4) is 0 Å². The van der Waals surface area contributed by atoms with Gasteiger partial charge in [0.05, 0.1) is 6.54 Å². The molecule has 1 unspecified atom stereocenters. The summed E-state index contributed by atoms with van der Waals surface area (Å²) in [6.45, 7) is 3.50. The van der Waals surface area contributed by atoms with Crippen LogP contribution in [0, 0.1) is 0 Å². The Labute approximate surface area is 116 Å². The van der Waals surface area contributed by atoms with Gasteiger partial charge in [-0.3, -0.25) is 4.21 Å². The summed E-state index contributed by atoms with van der Waals surface area (Å²) in [5.74, 6) is 1.06. The van der Waals surface area contributed by atoms with E-state index in [9.17, 15) is 12.6 Å². The number of hydrogen-bond donors (Lipinski definition) is 2. The van der Waals surface area contributed by atoms with E-state index >= 15 is 0 Å². The van der Waals surface area contributed by atoms with Crippen molar-refractivity contribution in [1.82, 2.24) is 10.0 Å². The molecule has 2 N–H and O–H groups in total. The van der Waals surface area contributed by atoms with Gasteiger partial charge in [-0.15, -0.1) is 0 Å². The summed E-state index contributed by atoms with van der Waals surface area (Å²) in [5.41, 5.74) is 0. The molecule has 0 aliphatic rings. The summed E-state index contributed by atoms with van der Waals surface area (Å²) >= 11 is 0. The molecule has 0 amide bonds. The molecule has 1 heterocycles. The molecule has 1 aromatic heterocycles. The van der Waals surface area contributed by atoms with Gasteiger partial charge in [0.2, 0.25) is 5.09 Å². The van der Waals surface area contributed by atoms with E-state index in [0.29, 0.717) is 24.5 Å². The van der Waals surface area contributed by atoms with Crippen LogP contribution in [-0.4, -0.2) is 37.7 Å². The van der Waals surface area contributed by atoms with Crippen LogP contribution in [0.1, 0.15) is 19.1 Å². The summed E-state index contributed by atoms with van der Waals surface area (Å²) in [6, 6.07) is 3.07. The Morgan fingerprint density at radius 2 is 2.11 bits per heavy atom. The van der Waals surface area contributed by atoms with Crippen molar-refractivity contribution in [1.29, 1.82) is 0 Å². The number of rotatable bonds is 9. The van der Waals surface area contributed by atoms with Crippen LogP contribution in [0.15, 0.2) is 21.6 Å². The Bertz CT molecular complexity index is 511. The van der Waals surface area contributed by atoms with Gasteiger partial charge in [0, 0.05) is 29.4 Å². The lowest BCUT2D eigenvalue weighted by molar-refractivity contribution is 0.401. The van der Waals surface area contributed by atoms with E-state index < -0.39 is 20.8 Å². The summed E-state index contributed by atoms with van der Waals surface area (Å²) < 4.78 is 42.3. The lowest BCUT2D eigenvalue weighted by atomic mass is 10.4. The molecule has 0 bridgehead atoms. The molecular formula is C11H20N2O4S2. The van der Waals surface area contributed by atoms with E-state index in [2.05, 4.69) is 10.0 Å². The molecule has 6 nitrogen and oxygen atoms in total. The molecule has 110 valence electrons. The van der Waals surface area contributed by atoms with Crippen LogP contribution in [0.4, 0.5) is 0 Å². The predicted octanol–water partition coefficient (Wildman–Crippen LogP) is 0.436. The van der Waals surface area contributed by atoms with Crippen LogP contribution in [-0.2, 0) is 27.4 Å². The molecule has 1 atom stereocenters. The number of furan rings is 1. The van der Waals surface area contributed by atoms with Crippen molar-refractivity contribution in [3.05, 3.63) is 17.9 Å². The second-order valence-electron chi connectivity index (χ2n) is 4.03. The lowest BCUT2D eigenvalue weighted by Crippen LogP contribution is -2.25. The van der Waals surface area contributed by atoms with Crippen molar-refractivity contribution >= 4 is 20.8 Å². The first-order chi connectivity index (χ1) is 8.95. The van der Waals surface area contributed by atoms with E-state index in [-0.39, 0.29) is 11.6 Å². The first-order valence-corrected chi connectivity index (χ1v) is 9.26. The van der Waals surface area contributed by atoms with Gasteiger partial charge in [-0.1, -0.05) is 6.92 Å². The average Bonchev–Trinajstić information content (AvgIpc) is 2.81. The Hall–Kier alpha value is -0.700. The number of nitrogens with one attached hydrogen (secondary N) is 2.